The van der Waals surface area contributed by atoms with Gasteiger partial charge in [0.25, 0.3) is 10.4 Å². The van der Waals surface area contributed by atoms with Gasteiger partial charge in [0.15, 0.2) is 0 Å². The molecule has 0 fully saturated rings. The van der Waals surface area contributed by atoms with Gasteiger partial charge in [-0.3, -0.25) is 9.78 Å². The van der Waals surface area contributed by atoms with Crippen LogP contribution >= 0.6 is 12.2 Å². The van der Waals surface area contributed by atoms with Gasteiger partial charge in [-0.15, -0.1) is 0 Å². The molecule has 4 heteroatoms. The minimum absolute atomic E-state index is 0.126. The molecular formula is C12H11NO2S. The summed E-state index contributed by atoms with van der Waals surface area (Å²) < 4.78 is 5.35. The standard InChI is InChI=1S/C12H11NO2S/c1-8-10(15-12(16)13-11(8)14)7-9-5-3-2-4-6-9/h2-6H,7H2,1H3,(H,13,14,16). The number of nitrogens with one attached hydrogen (secondary N) is 1. The highest BCUT2D eigenvalue weighted by atomic mass is 32.1. The summed E-state index contributed by atoms with van der Waals surface area (Å²) in [7, 11) is 0. The molecule has 0 aliphatic rings. The lowest BCUT2D eigenvalue weighted by Crippen LogP contribution is -2.12. The Bertz CT molecular complexity index is 598. The maximum Gasteiger partial charge on any atom is 0.268 e. The van der Waals surface area contributed by atoms with Gasteiger partial charge in [-0.05, 0) is 24.7 Å². The first-order valence-electron chi connectivity index (χ1n) is 4.93. The molecule has 0 amide bonds. The molecule has 2 aromatic rings. The Morgan fingerprint density at radius 2 is 2.00 bits per heavy atom. The zero-order chi connectivity index (χ0) is 11.5. The normalized spacial score (nSPS) is 10.3. The van der Waals surface area contributed by atoms with Crippen molar-refractivity contribution in [2.75, 3.05) is 0 Å². The largest absolute Gasteiger partial charge is 0.435 e. The van der Waals surface area contributed by atoms with Crippen LogP contribution in [0.15, 0.2) is 39.5 Å². The highest BCUT2D eigenvalue weighted by Crippen LogP contribution is 2.10. The second-order valence-corrected chi connectivity index (χ2v) is 3.92. The molecule has 1 heterocycles. The van der Waals surface area contributed by atoms with Crippen LogP contribution in [-0.2, 0) is 6.42 Å². The van der Waals surface area contributed by atoms with Gasteiger partial charge in [0.2, 0.25) is 0 Å². The van der Waals surface area contributed by atoms with E-state index in [1.807, 2.05) is 30.3 Å². The molecule has 16 heavy (non-hydrogen) atoms. The van der Waals surface area contributed by atoms with Crippen molar-refractivity contribution >= 4 is 12.2 Å². The third-order valence-electron chi connectivity index (χ3n) is 2.40. The van der Waals surface area contributed by atoms with E-state index in [1.165, 1.54) is 0 Å². The SMILES string of the molecule is Cc1c(Cc2ccccc2)oc(=S)[nH]c1=O. The second kappa shape index (κ2) is 4.45. The van der Waals surface area contributed by atoms with Gasteiger partial charge in [-0.1, -0.05) is 30.3 Å². The predicted octanol–water partition coefficient (Wildman–Crippen LogP) is 2.60. The lowest BCUT2D eigenvalue weighted by Gasteiger charge is -2.03. The van der Waals surface area contributed by atoms with Gasteiger partial charge in [0.1, 0.15) is 5.76 Å². The number of benzene rings is 1. The van der Waals surface area contributed by atoms with Crippen LogP contribution in [-0.4, -0.2) is 4.98 Å². The fourth-order valence-corrected chi connectivity index (χ4v) is 1.67. The molecule has 1 aromatic heterocycles. The number of aromatic amines is 1. The predicted molar refractivity (Wildman–Crippen MR) is 64.1 cm³/mol. The van der Waals surface area contributed by atoms with Crippen molar-refractivity contribution in [1.29, 1.82) is 0 Å². The molecule has 0 saturated heterocycles. The monoisotopic (exact) mass is 233 g/mol. The number of hydrogen-bond donors (Lipinski definition) is 1. The fourth-order valence-electron chi connectivity index (χ4n) is 1.48. The molecule has 0 radical (unpaired) electrons. The molecule has 3 nitrogen and oxygen atoms in total. The Morgan fingerprint density at radius 3 is 2.69 bits per heavy atom. The molecule has 0 bridgehead atoms. The maximum atomic E-state index is 11.5. The van der Waals surface area contributed by atoms with Gasteiger partial charge in [-0.25, -0.2) is 0 Å². The molecule has 82 valence electrons. The van der Waals surface area contributed by atoms with E-state index >= 15 is 0 Å². The summed E-state index contributed by atoms with van der Waals surface area (Å²) in [5.74, 6) is 0.625. The van der Waals surface area contributed by atoms with Crippen molar-refractivity contribution < 1.29 is 4.42 Å². The van der Waals surface area contributed by atoms with Gasteiger partial charge in [0.05, 0.1) is 5.56 Å². The van der Waals surface area contributed by atoms with Crippen molar-refractivity contribution in [2.45, 2.75) is 13.3 Å². The zero-order valence-electron chi connectivity index (χ0n) is 8.82. The van der Waals surface area contributed by atoms with Crippen LogP contribution in [0.5, 0.6) is 0 Å². The third kappa shape index (κ3) is 2.28. The maximum absolute atomic E-state index is 11.5. The Labute approximate surface area is 97.8 Å². The lowest BCUT2D eigenvalue weighted by atomic mass is 10.1. The van der Waals surface area contributed by atoms with Crippen LogP contribution in [0.25, 0.3) is 0 Å². The number of H-pyrrole nitrogens is 1. The molecule has 0 atom stereocenters. The van der Waals surface area contributed by atoms with Crippen molar-refractivity contribution in [3.63, 3.8) is 0 Å². The average Bonchev–Trinajstić information content (AvgIpc) is 2.27. The average molecular weight is 233 g/mol. The van der Waals surface area contributed by atoms with Gasteiger partial charge in [-0.2, -0.15) is 0 Å². The molecular weight excluding hydrogens is 222 g/mol. The van der Waals surface area contributed by atoms with E-state index in [0.717, 1.165) is 5.56 Å². The highest BCUT2D eigenvalue weighted by molar-refractivity contribution is 7.71. The minimum Gasteiger partial charge on any atom is -0.435 e. The molecule has 2 rings (SSSR count). The molecule has 0 saturated carbocycles. The topological polar surface area (TPSA) is 46.0 Å². The number of aromatic nitrogens is 1. The number of rotatable bonds is 2. The first-order chi connectivity index (χ1) is 7.66. The van der Waals surface area contributed by atoms with E-state index in [0.29, 0.717) is 17.7 Å². The van der Waals surface area contributed by atoms with Crippen molar-refractivity contribution in [3.05, 3.63) is 62.4 Å². The molecule has 1 N–H and O–H groups in total. The van der Waals surface area contributed by atoms with E-state index in [2.05, 4.69) is 4.98 Å². The van der Waals surface area contributed by atoms with Crippen LogP contribution in [0, 0.1) is 11.8 Å². The van der Waals surface area contributed by atoms with Gasteiger partial charge < -0.3 is 4.42 Å². The van der Waals surface area contributed by atoms with E-state index in [1.54, 1.807) is 6.92 Å². The van der Waals surface area contributed by atoms with Crippen LogP contribution in [0.2, 0.25) is 0 Å². The highest BCUT2D eigenvalue weighted by Gasteiger charge is 2.06. The van der Waals surface area contributed by atoms with Gasteiger partial charge in [0, 0.05) is 6.42 Å². The Kier molecular flexibility index (Phi) is 3.01. The molecule has 1 aromatic carbocycles. The summed E-state index contributed by atoms with van der Waals surface area (Å²) in [5, 5.41) is 0. The quantitative estimate of drug-likeness (QED) is 0.811. The van der Waals surface area contributed by atoms with Crippen molar-refractivity contribution in [3.8, 4) is 0 Å². The Morgan fingerprint density at radius 1 is 1.31 bits per heavy atom. The van der Waals surface area contributed by atoms with E-state index in [-0.39, 0.29) is 10.4 Å². The Hall–Kier alpha value is -1.68. The van der Waals surface area contributed by atoms with Gasteiger partial charge >= 0.3 is 0 Å². The summed E-state index contributed by atoms with van der Waals surface area (Å²) in [6.45, 7) is 1.73. The molecule has 0 aliphatic carbocycles. The third-order valence-corrected chi connectivity index (χ3v) is 2.58. The second-order valence-electron chi connectivity index (χ2n) is 3.55. The summed E-state index contributed by atoms with van der Waals surface area (Å²) in [4.78, 5) is 14.1. The zero-order valence-corrected chi connectivity index (χ0v) is 9.64. The van der Waals surface area contributed by atoms with Crippen LogP contribution in [0.1, 0.15) is 16.9 Å². The smallest absolute Gasteiger partial charge is 0.268 e. The lowest BCUT2D eigenvalue weighted by molar-refractivity contribution is 0.459. The molecule has 0 aliphatic heterocycles. The van der Waals surface area contributed by atoms with E-state index in [9.17, 15) is 4.79 Å². The molecule has 0 unspecified atom stereocenters. The first-order valence-corrected chi connectivity index (χ1v) is 5.34. The summed E-state index contributed by atoms with van der Waals surface area (Å²) in [5.41, 5.74) is 1.49. The minimum atomic E-state index is -0.179. The van der Waals surface area contributed by atoms with Crippen LogP contribution in [0.3, 0.4) is 0 Å². The van der Waals surface area contributed by atoms with E-state index in [4.69, 9.17) is 16.6 Å². The number of hydrogen-bond acceptors (Lipinski definition) is 3. The fraction of sp³-hybridized carbons (Fsp3) is 0.167. The van der Waals surface area contributed by atoms with Crippen LogP contribution in [0.4, 0.5) is 0 Å². The summed E-state index contributed by atoms with van der Waals surface area (Å²) in [6.07, 6.45) is 0.584. The van der Waals surface area contributed by atoms with Crippen LogP contribution < -0.4 is 5.56 Å². The van der Waals surface area contributed by atoms with E-state index < -0.39 is 0 Å². The van der Waals surface area contributed by atoms with Crippen molar-refractivity contribution in [1.82, 2.24) is 4.98 Å². The molecule has 0 spiro atoms. The first kappa shape index (κ1) is 10.8. The van der Waals surface area contributed by atoms with Crippen molar-refractivity contribution in [2.24, 2.45) is 0 Å². The Balaban J connectivity index is 2.43. The summed E-state index contributed by atoms with van der Waals surface area (Å²) >= 11 is 4.84. The summed E-state index contributed by atoms with van der Waals surface area (Å²) in [6, 6.07) is 9.82.